The van der Waals surface area contributed by atoms with Gasteiger partial charge in [0.2, 0.25) is 0 Å². The number of aliphatic hydroxyl groups excluding tert-OH is 1. The number of hydrogen-bond donors (Lipinski definition) is 2. The van der Waals surface area contributed by atoms with E-state index in [1.807, 2.05) is 0 Å². The minimum absolute atomic E-state index is 0.0245. The van der Waals surface area contributed by atoms with Crippen LogP contribution in [-0.4, -0.2) is 86.8 Å². The lowest BCUT2D eigenvalue weighted by Gasteiger charge is -2.34. The number of piperidine rings is 1. The third-order valence-electron chi connectivity index (χ3n) is 9.31. The number of anilines is 1. The van der Waals surface area contributed by atoms with Crippen LogP contribution >= 0.6 is 0 Å². The largest absolute Gasteiger partial charge is 0.508 e. The Morgan fingerprint density at radius 1 is 1.09 bits per heavy atom. The number of fused-ring (bicyclic) bond motifs is 3. The highest BCUT2D eigenvalue weighted by Crippen LogP contribution is 2.42. The van der Waals surface area contributed by atoms with E-state index in [0.29, 0.717) is 35.7 Å². The molecule has 0 bridgehead atoms. The molecule has 0 saturated carbocycles. The minimum Gasteiger partial charge on any atom is -0.508 e. The fraction of sp³-hybridized carbons (Fsp3) is 0.469. The van der Waals surface area contributed by atoms with Crippen LogP contribution in [0.5, 0.6) is 11.8 Å². The molecule has 2 aromatic heterocycles. The Balaban J connectivity index is 1.38. The van der Waals surface area contributed by atoms with Gasteiger partial charge in [0.25, 0.3) is 0 Å². The number of halogens is 4. The summed E-state index contributed by atoms with van der Waals surface area (Å²) >= 11 is 0. The number of ether oxygens (including phenoxy) is 1. The second kappa shape index (κ2) is 11.0. The zero-order valence-electron chi connectivity index (χ0n) is 24.2. The normalized spacial score (nSPS) is 25.7. The highest BCUT2D eigenvalue weighted by Gasteiger charge is 2.49. The zero-order chi connectivity index (χ0) is 30.7. The number of aryl methyl sites for hydroxylation is 1. The molecule has 3 aliphatic rings. The van der Waals surface area contributed by atoms with Crippen molar-refractivity contribution in [1.29, 1.82) is 0 Å². The minimum atomic E-state index is -1.34. The molecule has 0 amide bonds. The Morgan fingerprint density at radius 2 is 1.93 bits per heavy atom. The molecule has 0 aliphatic carbocycles. The van der Waals surface area contributed by atoms with Gasteiger partial charge in [-0.1, -0.05) is 13.0 Å². The van der Waals surface area contributed by atoms with E-state index >= 15 is 4.39 Å². The molecule has 12 heteroatoms. The number of pyridine rings is 1. The van der Waals surface area contributed by atoms with Gasteiger partial charge in [-0.3, -0.25) is 9.88 Å². The van der Waals surface area contributed by atoms with Gasteiger partial charge in [0, 0.05) is 37.7 Å². The standard InChI is InChI=1S/C32H33F4N5O3/c1-2-22-25(35)5-4-17-8-20(42)10-23(26(17)22)28-27(36)29-24(12-37-28)30(40-13-18(33)9-21(43)15-40)39-31(38-29)44-16-32-6-3-7-41(32)14-19(34)11-32/h4-5,8,10,12,18-19,21,42-43H,2-3,6-7,9,11,13-16H2,1H3/t18-,19+,21+,32-/m0/s1. The monoisotopic (exact) mass is 611 g/mol. The number of rotatable bonds is 6. The highest BCUT2D eigenvalue weighted by molar-refractivity contribution is 6.01. The third kappa shape index (κ3) is 4.88. The number of hydrogen-bond acceptors (Lipinski definition) is 8. The maximum atomic E-state index is 16.7. The third-order valence-corrected chi connectivity index (χ3v) is 9.31. The van der Waals surface area contributed by atoms with Gasteiger partial charge in [0.1, 0.15) is 47.5 Å². The number of phenols is 1. The van der Waals surface area contributed by atoms with Crippen LogP contribution in [0.15, 0.2) is 30.5 Å². The molecule has 0 unspecified atom stereocenters. The summed E-state index contributed by atoms with van der Waals surface area (Å²) in [6.07, 6.45) is 0.371. The topological polar surface area (TPSA) is 94.8 Å². The number of phenolic OH excluding ortho intramolecular Hbond substituents is 1. The van der Waals surface area contributed by atoms with Crippen molar-refractivity contribution < 1.29 is 32.5 Å². The summed E-state index contributed by atoms with van der Waals surface area (Å²) in [4.78, 5) is 17.0. The molecule has 3 saturated heterocycles. The maximum Gasteiger partial charge on any atom is 0.319 e. The first-order valence-electron chi connectivity index (χ1n) is 15.1. The van der Waals surface area contributed by atoms with Gasteiger partial charge in [-0.05, 0) is 60.3 Å². The number of aromatic nitrogens is 3. The molecule has 3 fully saturated rings. The molecule has 2 N–H and O–H groups in total. The van der Waals surface area contributed by atoms with E-state index in [4.69, 9.17) is 4.74 Å². The molecule has 8 nitrogen and oxygen atoms in total. The lowest BCUT2D eigenvalue weighted by atomic mass is 9.94. The van der Waals surface area contributed by atoms with E-state index in [9.17, 15) is 23.4 Å². The molecule has 0 radical (unpaired) electrons. The van der Waals surface area contributed by atoms with Gasteiger partial charge in [0.05, 0.1) is 23.6 Å². The van der Waals surface area contributed by atoms with E-state index in [1.54, 1.807) is 6.92 Å². The van der Waals surface area contributed by atoms with E-state index in [-0.39, 0.29) is 65.9 Å². The average Bonchev–Trinajstić information content (AvgIpc) is 3.51. The van der Waals surface area contributed by atoms with Crippen LogP contribution in [0.3, 0.4) is 0 Å². The molecule has 0 spiro atoms. The van der Waals surface area contributed by atoms with Gasteiger partial charge < -0.3 is 19.8 Å². The lowest BCUT2D eigenvalue weighted by molar-refractivity contribution is 0.106. The number of aromatic hydroxyl groups is 1. The predicted molar refractivity (Wildman–Crippen MR) is 158 cm³/mol. The van der Waals surface area contributed by atoms with Crippen LogP contribution in [0.1, 0.15) is 38.2 Å². The molecule has 3 aliphatic heterocycles. The molecule has 7 rings (SSSR count). The Hall–Kier alpha value is -3.77. The van der Waals surface area contributed by atoms with Crippen LogP contribution in [0.2, 0.25) is 0 Å². The van der Waals surface area contributed by atoms with Gasteiger partial charge in [-0.15, -0.1) is 0 Å². The van der Waals surface area contributed by atoms with Gasteiger partial charge in [0.15, 0.2) is 5.82 Å². The van der Waals surface area contributed by atoms with E-state index < -0.39 is 35.6 Å². The first-order valence-corrected chi connectivity index (χ1v) is 15.1. The number of aliphatic hydroxyl groups is 1. The molecule has 232 valence electrons. The van der Waals surface area contributed by atoms with Gasteiger partial charge in [-0.25, -0.2) is 17.6 Å². The summed E-state index contributed by atoms with van der Waals surface area (Å²) < 4.78 is 66.6. The molecular formula is C32H33F4N5O3. The fourth-order valence-electron chi connectivity index (χ4n) is 7.38. The molecule has 4 atom stereocenters. The molecule has 4 aromatic rings. The Kier molecular flexibility index (Phi) is 7.24. The molecule has 5 heterocycles. The number of benzene rings is 2. The summed E-state index contributed by atoms with van der Waals surface area (Å²) in [6.45, 7) is 2.96. The number of alkyl halides is 2. The summed E-state index contributed by atoms with van der Waals surface area (Å²) in [7, 11) is 0. The SMILES string of the molecule is CCc1c(F)ccc2cc(O)cc(-c3ncc4c(N5C[C@H](O)C[C@H](F)C5)nc(OC[C@@]56CCCN5C[C@H](F)C6)nc4c3F)c12. The van der Waals surface area contributed by atoms with Crippen LogP contribution in [0.4, 0.5) is 23.4 Å². The summed E-state index contributed by atoms with van der Waals surface area (Å²) in [5, 5.41) is 21.9. The summed E-state index contributed by atoms with van der Waals surface area (Å²) in [5.41, 5.74) is -0.284. The van der Waals surface area contributed by atoms with E-state index in [2.05, 4.69) is 19.9 Å². The Morgan fingerprint density at radius 3 is 2.73 bits per heavy atom. The van der Waals surface area contributed by atoms with Gasteiger partial charge >= 0.3 is 6.01 Å². The molecule has 2 aromatic carbocycles. The molecule has 44 heavy (non-hydrogen) atoms. The van der Waals surface area contributed by atoms with Crippen molar-refractivity contribution in [1.82, 2.24) is 19.9 Å². The Bertz CT molecular complexity index is 1750. The zero-order valence-corrected chi connectivity index (χ0v) is 24.2. The highest BCUT2D eigenvalue weighted by atomic mass is 19.1. The lowest BCUT2D eigenvalue weighted by Crippen LogP contribution is -2.45. The molecular weight excluding hydrogens is 578 g/mol. The van der Waals surface area contributed by atoms with Crippen molar-refractivity contribution >= 4 is 27.5 Å². The van der Waals surface area contributed by atoms with Crippen molar-refractivity contribution in [3.8, 4) is 23.0 Å². The number of nitrogens with zero attached hydrogens (tertiary/aromatic N) is 5. The smallest absolute Gasteiger partial charge is 0.319 e. The Labute approximate surface area is 251 Å². The van der Waals surface area contributed by atoms with Crippen molar-refractivity contribution in [3.63, 3.8) is 0 Å². The summed E-state index contributed by atoms with van der Waals surface area (Å²) in [5.74, 6) is -1.30. The van der Waals surface area contributed by atoms with Crippen LogP contribution in [0, 0.1) is 11.6 Å². The van der Waals surface area contributed by atoms with Gasteiger partial charge in [-0.2, -0.15) is 9.97 Å². The second-order valence-corrected chi connectivity index (χ2v) is 12.2. The van der Waals surface area contributed by atoms with Crippen LogP contribution in [-0.2, 0) is 6.42 Å². The first kappa shape index (κ1) is 29.0. The van der Waals surface area contributed by atoms with Crippen LogP contribution < -0.4 is 9.64 Å². The van der Waals surface area contributed by atoms with E-state index in [0.717, 1.165) is 19.4 Å². The summed E-state index contributed by atoms with van der Waals surface area (Å²) in [6, 6.07) is 5.48. The fourth-order valence-corrected chi connectivity index (χ4v) is 7.38. The van der Waals surface area contributed by atoms with Crippen molar-refractivity contribution in [2.75, 3.05) is 37.7 Å². The quantitative estimate of drug-likeness (QED) is 0.286. The maximum absolute atomic E-state index is 16.7. The van der Waals surface area contributed by atoms with Crippen LogP contribution in [0.25, 0.3) is 32.9 Å². The number of β-amino-alcohol motifs (C(OH)–C–C–N with tert-alkyl or cyclic N) is 1. The van der Waals surface area contributed by atoms with Crippen molar-refractivity contribution in [3.05, 3.63) is 47.7 Å². The predicted octanol–water partition coefficient (Wildman–Crippen LogP) is 5.26. The van der Waals surface area contributed by atoms with Crippen molar-refractivity contribution in [2.24, 2.45) is 0 Å². The van der Waals surface area contributed by atoms with E-state index in [1.165, 1.54) is 35.4 Å². The van der Waals surface area contributed by atoms with Crippen molar-refractivity contribution in [2.45, 2.75) is 63.0 Å². The second-order valence-electron chi connectivity index (χ2n) is 12.2. The first-order chi connectivity index (χ1) is 21.2. The average molecular weight is 612 g/mol.